The maximum Gasteiger partial charge on any atom is 0.0937 e. The second-order valence-electron chi connectivity index (χ2n) is 4.53. The number of aliphatic hydroxyl groups is 1. The van der Waals surface area contributed by atoms with Gasteiger partial charge in [-0.15, -0.1) is 11.3 Å². The summed E-state index contributed by atoms with van der Waals surface area (Å²) in [6.45, 7) is 0. The summed E-state index contributed by atoms with van der Waals surface area (Å²) in [6.07, 6.45) is 0.0547. The van der Waals surface area contributed by atoms with Gasteiger partial charge in [0.25, 0.3) is 0 Å². The van der Waals surface area contributed by atoms with E-state index in [0.29, 0.717) is 11.4 Å². The molecule has 3 heteroatoms. The van der Waals surface area contributed by atoms with Gasteiger partial charge in [-0.1, -0.05) is 54.1 Å². The van der Waals surface area contributed by atoms with Crippen LogP contribution in [-0.2, 0) is 6.42 Å². The Kier molecular flexibility index (Phi) is 3.56. The van der Waals surface area contributed by atoms with Crippen LogP contribution >= 0.6 is 22.9 Å². The Labute approximate surface area is 121 Å². The number of hydrogen-bond acceptors (Lipinski definition) is 2. The summed E-state index contributed by atoms with van der Waals surface area (Å²) in [5.74, 6) is 0. The first-order chi connectivity index (χ1) is 9.24. The zero-order valence-corrected chi connectivity index (χ0v) is 11.8. The molecule has 19 heavy (non-hydrogen) atoms. The van der Waals surface area contributed by atoms with Gasteiger partial charge in [0.05, 0.1) is 16.0 Å². The van der Waals surface area contributed by atoms with Crippen molar-refractivity contribution in [2.45, 2.75) is 12.5 Å². The van der Waals surface area contributed by atoms with Crippen LogP contribution < -0.4 is 0 Å². The Morgan fingerprint density at radius 1 is 1.05 bits per heavy atom. The standard InChI is InChI=1S/C16H13ClOS/c17-14-7-8-19-16(14)15(18)10-11-5-6-12-3-1-2-4-13(12)9-11/h1-9,15,18H,10H2. The van der Waals surface area contributed by atoms with Crippen LogP contribution in [0, 0.1) is 0 Å². The first-order valence-corrected chi connectivity index (χ1v) is 7.38. The molecule has 0 amide bonds. The van der Waals surface area contributed by atoms with E-state index in [2.05, 4.69) is 30.3 Å². The van der Waals surface area contributed by atoms with E-state index in [0.717, 1.165) is 10.4 Å². The fourth-order valence-corrected chi connectivity index (χ4v) is 3.39. The van der Waals surface area contributed by atoms with E-state index in [1.807, 2.05) is 23.6 Å². The molecule has 0 saturated carbocycles. The highest BCUT2D eigenvalue weighted by Crippen LogP contribution is 2.31. The molecule has 0 bridgehead atoms. The number of rotatable bonds is 3. The third kappa shape index (κ3) is 2.66. The maximum absolute atomic E-state index is 10.2. The summed E-state index contributed by atoms with van der Waals surface area (Å²) >= 11 is 7.54. The van der Waals surface area contributed by atoms with Crippen molar-refractivity contribution in [3.63, 3.8) is 0 Å². The molecule has 0 aliphatic heterocycles. The summed E-state index contributed by atoms with van der Waals surface area (Å²) in [7, 11) is 0. The van der Waals surface area contributed by atoms with Gasteiger partial charge in [-0.3, -0.25) is 0 Å². The number of benzene rings is 2. The molecule has 1 aromatic heterocycles. The van der Waals surface area contributed by atoms with Crippen molar-refractivity contribution >= 4 is 33.7 Å². The van der Waals surface area contributed by atoms with E-state index in [9.17, 15) is 5.11 Å². The highest BCUT2D eigenvalue weighted by molar-refractivity contribution is 7.10. The highest BCUT2D eigenvalue weighted by Gasteiger charge is 2.13. The Bertz CT molecular complexity index is 705. The third-order valence-electron chi connectivity index (χ3n) is 3.19. The van der Waals surface area contributed by atoms with Crippen molar-refractivity contribution in [2.75, 3.05) is 0 Å². The summed E-state index contributed by atoms with van der Waals surface area (Å²) in [6, 6.07) is 16.3. The number of halogens is 1. The smallest absolute Gasteiger partial charge is 0.0937 e. The van der Waals surface area contributed by atoms with Gasteiger partial charge in [-0.05, 0) is 27.8 Å². The molecule has 0 aliphatic rings. The molecule has 3 aromatic rings. The molecule has 0 saturated heterocycles. The van der Waals surface area contributed by atoms with E-state index >= 15 is 0 Å². The minimum atomic E-state index is -0.534. The monoisotopic (exact) mass is 288 g/mol. The summed E-state index contributed by atoms with van der Waals surface area (Å²) in [5.41, 5.74) is 1.12. The lowest BCUT2D eigenvalue weighted by molar-refractivity contribution is 0.182. The van der Waals surface area contributed by atoms with Crippen molar-refractivity contribution in [3.8, 4) is 0 Å². The molecule has 0 fully saturated rings. The van der Waals surface area contributed by atoms with E-state index in [4.69, 9.17) is 11.6 Å². The normalized spacial score (nSPS) is 12.7. The lowest BCUT2D eigenvalue weighted by Gasteiger charge is -2.10. The van der Waals surface area contributed by atoms with Crippen LogP contribution in [0.25, 0.3) is 10.8 Å². The lowest BCUT2D eigenvalue weighted by atomic mass is 10.0. The number of fused-ring (bicyclic) bond motifs is 1. The fourth-order valence-electron chi connectivity index (χ4n) is 2.22. The number of hydrogen-bond donors (Lipinski definition) is 1. The van der Waals surface area contributed by atoms with Gasteiger partial charge >= 0.3 is 0 Å². The molecule has 1 nitrogen and oxygen atoms in total. The van der Waals surface area contributed by atoms with Gasteiger partial charge in [0.2, 0.25) is 0 Å². The zero-order valence-electron chi connectivity index (χ0n) is 10.2. The van der Waals surface area contributed by atoms with Gasteiger partial charge in [0.1, 0.15) is 0 Å². The van der Waals surface area contributed by atoms with Crippen molar-refractivity contribution < 1.29 is 5.11 Å². The molecule has 0 spiro atoms. The zero-order chi connectivity index (χ0) is 13.2. The molecule has 1 atom stereocenters. The van der Waals surface area contributed by atoms with Crippen molar-refractivity contribution in [3.05, 3.63) is 69.4 Å². The third-order valence-corrected chi connectivity index (χ3v) is 4.65. The van der Waals surface area contributed by atoms with Crippen LogP contribution in [0.5, 0.6) is 0 Å². The molecular weight excluding hydrogens is 276 g/mol. The molecule has 3 rings (SSSR count). The molecule has 1 N–H and O–H groups in total. The highest BCUT2D eigenvalue weighted by atomic mass is 35.5. The van der Waals surface area contributed by atoms with Crippen molar-refractivity contribution in [2.24, 2.45) is 0 Å². The second-order valence-corrected chi connectivity index (χ2v) is 5.89. The largest absolute Gasteiger partial charge is 0.387 e. The van der Waals surface area contributed by atoms with Gasteiger partial charge in [0.15, 0.2) is 0 Å². The minimum absolute atomic E-state index is 0.534. The molecule has 1 unspecified atom stereocenters. The molecule has 1 heterocycles. The quantitative estimate of drug-likeness (QED) is 0.732. The lowest BCUT2D eigenvalue weighted by Crippen LogP contribution is -2.00. The fraction of sp³-hybridized carbons (Fsp3) is 0.125. The number of thiophene rings is 1. The minimum Gasteiger partial charge on any atom is -0.387 e. The van der Waals surface area contributed by atoms with Crippen LogP contribution in [0.2, 0.25) is 5.02 Å². The average Bonchev–Trinajstić information content (AvgIpc) is 2.85. The van der Waals surface area contributed by atoms with Crippen LogP contribution in [0.4, 0.5) is 0 Å². The van der Waals surface area contributed by atoms with E-state index < -0.39 is 6.10 Å². The van der Waals surface area contributed by atoms with Gasteiger partial charge in [0, 0.05) is 6.42 Å². The second kappa shape index (κ2) is 5.33. The van der Waals surface area contributed by atoms with Crippen LogP contribution in [-0.4, -0.2) is 5.11 Å². The number of aliphatic hydroxyl groups excluding tert-OH is 1. The first-order valence-electron chi connectivity index (χ1n) is 6.12. The van der Waals surface area contributed by atoms with Crippen molar-refractivity contribution in [1.82, 2.24) is 0 Å². The molecule has 2 aromatic carbocycles. The molecule has 96 valence electrons. The van der Waals surface area contributed by atoms with Crippen molar-refractivity contribution in [1.29, 1.82) is 0 Å². The van der Waals surface area contributed by atoms with Gasteiger partial charge in [-0.2, -0.15) is 0 Å². The Morgan fingerprint density at radius 3 is 2.58 bits per heavy atom. The molecular formula is C16H13ClOS. The topological polar surface area (TPSA) is 20.2 Å². The van der Waals surface area contributed by atoms with Crippen LogP contribution in [0.1, 0.15) is 16.5 Å². The Balaban J connectivity index is 1.87. The average molecular weight is 289 g/mol. The first kappa shape index (κ1) is 12.7. The predicted molar refractivity (Wildman–Crippen MR) is 81.9 cm³/mol. The SMILES string of the molecule is OC(Cc1ccc2ccccc2c1)c1sccc1Cl. The van der Waals surface area contributed by atoms with E-state index in [-0.39, 0.29) is 0 Å². The summed E-state index contributed by atoms with van der Waals surface area (Å²) < 4.78 is 0. The summed E-state index contributed by atoms with van der Waals surface area (Å²) in [4.78, 5) is 0.842. The maximum atomic E-state index is 10.2. The Morgan fingerprint density at radius 2 is 1.84 bits per heavy atom. The van der Waals surface area contributed by atoms with E-state index in [1.165, 1.54) is 22.1 Å². The molecule has 0 radical (unpaired) electrons. The predicted octanol–water partition coefficient (Wildman–Crippen LogP) is 4.83. The van der Waals surface area contributed by atoms with Gasteiger partial charge in [-0.25, -0.2) is 0 Å². The summed E-state index contributed by atoms with van der Waals surface area (Å²) in [5, 5.41) is 15.2. The van der Waals surface area contributed by atoms with E-state index in [1.54, 1.807) is 0 Å². The molecule has 0 aliphatic carbocycles. The van der Waals surface area contributed by atoms with Crippen LogP contribution in [0.15, 0.2) is 53.9 Å². The van der Waals surface area contributed by atoms with Gasteiger partial charge < -0.3 is 5.11 Å². The van der Waals surface area contributed by atoms with Crippen LogP contribution in [0.3, 0.4) is 0 Å². The Hall–Kier alpha value is -1.35.